The SMILES string of the molecule is COC(=O)/C=C\C=C(\C(=O)OC)c1cc(C(F)(F)F)cc(C(F)(F)F)c1. The number of benzene rings is 1. The fourth-order valence-corrected chi connectivity index (χ4v) is 1.79. The summed E-state index contributed by atoms with van der Waals surface area (Å²) >= 11 is 0. The normalized spacial score (nSPS) is 13.0. The summed E-state index contributed by atoms with van der Waals surface area (Å²) in [6, 6.07) is 0.691. The summed E-state index contributed by atoms with van der Waals surface area (Å²) in [4.78, 5) is 22.8. The van der Waals surface area contributed by atoms with Gasteiger partial charge in [-0.15, -0.1) is 0 Å². The van der Waals surface area contributed by atoms with E-state index in [4.69, 9.17) is 0 Å². The van der Waals surface area contributed by atoms with Gasteiger partial charge in [0.1, 0.15) is 0 Å². The Hall–Kier alpha value is -2.78. The van der Waals surface area contributed by atoms with Crippen molar-refractivity contribution in [1.29, 1.82) is 0 Å². The number of halogens is 6. The molecule has 10 heteroatoms. The van der Waals surface area contributed by atoms with Gasteiger partial charge in [-0.05, 0) is 29.8 Å². The molecule has 1 aromatic rings. The molecule has 0 radical (unpaired) electrons. The predicted octanol–water partition coefficient (Wildman–Crippen LogP) is 4.01. The maximum Gasteiger partial charge on any atom is 0.416 e. The summed E-state index contributed by atoms with van der Waals surface area (Å²) in [5, 5.41) is 0. The van der Waals surface area contributed by atoms with Gasteiger partial charge in [-0.1, -0.05) is 6.08 Å². The smallest absolute Gasteiger partial charge is 0.416 e. The maximum atomic E-state index is 12.9. The molecule has 0 saturated carbocycles. The summed E-state index contributed by atoms with van der Waals surface area (Å²) in [7, 11) is 1.96. The number of esters is 2. The monoisotopic (exact) mass is 382 g/mol. The fourth-order valence-electron chi connectivity index (χ4n) is 1.79. The largest absolute Gasteiger partial charge is 0.466 e. The van der Waals surface area contributed by atoms with Crippen molar-refractivity contribution < 1.29 is 45.4 Å². The number of carbonyl (C=O) groups is 2. The van der Waals surface area contributed by atoms with E-state index in [0.29, 0.717) is 12.1 Å². The zero-order chi connectivity index (χ0) is 20.1. The van der Waals surface area contributed by atoms with Crippen molar-refractivity contribution in [1.82, 2.24) is 0 Å². The van der Waals surface area contributed by atoms with Gasteiger partial charge in [0.05, 0.1) is 30.9 Å². The van der Waals surface area contributed by atoms with Crippen LogP contribution in [0.3, 0.4) is 0 Å². The molecule has 142 valence electrons. The van der Waals surface area contributed by atoms with Crippen molar-refractivity contribution in [2.75, 3.05) is 14.2 Å². The number of ether oxygens (including phenoxy) is 2. The Labute approximate surface area is 143 Å². The van der Waals surface area contributed by atoms with Crippen molar-refractivity contribution in [3.8, 4) is 0 Å². The average Bonchev–Trinajstić information content (AvgIpc) is 2.55. The molecular formula is C16H12F6O4. The molecule has 0 spiro atoms. The molecule has 0 amide bonds. The van der Waals surface area contributed by atoms with Crippen LogP contribution >= 0.6 is 0 Å². The third-order valence-corrected chi connectivity index (χ3v) is 3.00. The topological polar surface area (TPSA) is 52.6 Å². The van der Waals surface area contributed by atoms with E-state index in [2.05, 4.69) is 9.47 Å². The molecule has 0 atom stereocenters. The van der Waals surface area contributed by atoms with E-state index in [0.717, 1.165) is 32.4 Å². The third-order valence-electron chi connectivity index (χ3n) is 3.00. The third kappa shape index (κ3) is 5.64. The molecule has 0 aromatic heterocycles. The van der Waals surface area contributed by atoms with Gasteiger partial charge in [0.25, 0.3) is 0 Å². The molecule has 0 heterocycles. The van der Waals surface area contributed by atoms with Crippen LogP contribution in [-0.2, 0) is 31.4 Å². The Morgan fingerprint density at radius 3 is 1.77 bits per heavy atom. The highest BCUT2D eigenvalue weighted by Crippen LogP contribution is 2.37. The van der Waals surface area contributed by atoms with E-state index in [1.165, 1.54) is 0 Å². The Morgan fingerprint density at radius 1 is 0.885 bits per heavy atom. The number of rotatable bonds is 4. The van der Waals surface area contributed by atoms with E-state index in [-0.39, 0.29) is 6.07 Å². The fraction of sp³-hybridized carbons (Fsp3) is 0.250. The van der Waals surface area contributed by atoms with Crippen molar-refractivity contribution in [3.05, 3.63) is 53.1 Å². The molecule has 0 aliphatic rings. The summed E-state index contributed by atoms with van der Waals surface area (Å²) < 4.78 is 86.1. The lowest BCUT2D eigenvalue weighted by Gasteiger charge is -2.15. The minimum atomic E-state index is -5.07. The van der Waals surface area contributed by atoms with Crippen LogP contribution in [0.4, 0.5) is 26.3 Å². The Morgan fingerprint density at radius 2 is 1.38 bits per heavy atom. The van der Waals surface area contributed by atoms with Gasteiger partial charge < -0.3 is 9.47 Å². The molecule has 0 saturated heterocycles. The van der Waals surface area contributed by atoms with E-state index in [9.17, 15) is 35.9 Å². The lowest BCUT2D eigenvalue weighted by molar-refractivity contribution is -0.143. The van der Waals surface area contributed by atoms with Gasteiger partial charge in [-0.3, -0.25) is 0 Å². The highest BCUT2D eigenvalue weighted by molar-refractivity contribution is 6.17. The Kier molecular flexibility index (Phi) is 6.60. The summed E-state index contributed by atoms with van der Waals surface area (Å²) in [5.41, 5.74) is -4.46. The van der Waals surface area contributed by atoms with Crippen molar-refractivity contribution in [3.63, 3.8) is 0 Å². The molecule has 26 heavy (non-hydrogen) atoms. The molecule has 0 aliphatic carbocycles. The Balaban J connectivity index is 3.59. The van der Waals surface area contributed by atoms with Gasteiger partial charge >= 0.3 is 24.3 Å². The minimum absolute atomic E-state index is 0.0668. The lowest BCUT2D eigenvalue weighted by atomic mass is 9.98. The van der Waals surface area contributed by atoms with Crippen LogP contribution in [0.1, 0.15) is 16.7 Å². The molecular weight excluding hydrogens is 370 g/mol. The minimum Gasteiger partial charge on any atom is -0.466 e. The molecule has 0 unspecified atom stereocenters. The van der Waals surface area contributed by atoms with Crippen molar-refractivity contribution in [2.24, 2.45) is 0 Å². The van der Waals surface area contributed by atoms with Crippen LogP contribution in [0.15, 0.2) is 36.4 Å². The average molecular weight is 382 g/mol. The lowest BCUT2D eigenvalue weighted by Crippen LogP contribution is -2.13. The molecule has 0 fully saturated rings. The van der Waals surface area contributed by atoms with Crippen molar-refractivity contribution >= 4 is 17.5 Å². The first kappa shape index (κ1) is 21.3. The summed E-state index contributed by atoms with van der Waals surface area (Å²) in [6.45, 7) is 0. The number of alkyl halides is 6. The predicted molar refractivity (Wildman–Crippen MR) is 77.6 cm³/mol. The molecule has 4 nitrogen and oxygen atoms in total. The van der Waals surface area contributed by atoms with Gasteiger partial charge in [-0.25, -0.2) is 9.59 Å². The molecule has 1 aromatic carbocycles. The number of methoxy groups -OCH3 is 2. The molecule has 0 aliphatic heterocycles. The second-order valence-electron chi connectivity index (χ2n) is 4.75. The van der Waals surface area contributed by atoms with Crippen LogP contribution in [0.25, 0.3) is 5.57 Å². The first-order valence-corrected chi connectivity index (χ1v) is 6.74. The number of carbonyl (C=O) groups excluding carboxylic acids is 2. The highest BCUT2D eigenvalue weighted by atomic mass is 19.4. The van der Waals surface area contributed by atoms with E-state index in [1.807, 2.05) is 0 Å². The van der Waals surface area contributed by atoms with Gasteiger partial charge in [-0.2, -0.15) is 26.3 Å². The van der Waals surface area contributed by atoms with Crippen LogP contribution in [-0.4, -0.2) is 26.2 Å². The standard InChI is InChI=1S/C16H12F6O4/c1-25-13(23)5-3-4-12(14(24)26-2)9-6-10(15(17,18)19)8-11(7-9)16(20,21)22/h3-8H,1-2H3/b5-3-,12-4+. The first-order chi connectivity index (χ1) is 11.9. The summed E-state index contributed by atoms with van der Waals surface area (Å²) in [6.07, 6.45) is -7.54. The molecule has 0 N–H and O–H groups in total. The van der Waals surface area contributed by atoms with Gasteiger partial charge in [0.2, 0.25) is 0 Å². The first-order valence-electron chi connectivity index (χ1n) is 6.74. The van der Waals surface area contributed by atoms with Crippen LogP contribution in [0.5, 0.6) is 0 Å². The number of hydrogen-bond donors (Lipinski definition) is 0. The second-order valence-corrected chi connectivity index (χ2v) is 4.75. The van der Waals surface area contributed by atoms with Gasteiger partial charge in [0, 0.05) is 6.08 Å². The Bertz CT molecular complexity index is 712. The van der Waals surface area contributed by atoms with Crippen LogP contribution in [0.2, 0.25) is 0 Å². The highest BCUT2D eigenvalue weighted by Gasteiger charge is 2.37. The van der Waals surface area contributed by atoms with E-state index >= 15 is 0 Å². The van der Waals surface area contributed by atoms with Crippen LogP contribution < -0.4 is 0 Å². The molecule has 0 bridgehead atoms. The van der Waals surface area contributed by atoms with Crippen LogP contribution in [0, 0.1) is 0 Å². The van der Waals surface area contributed by atoms with Gasteiger partial charge in [0.15, 0.2) is 0 Å². The van der Waals surface area contributed by atoms with E-state index in [1.54, 1.807) is 0 Å². The quantitative estimate of drug-likeness (QED) is 0.342. The maximum absolute atomic E-state index is 12.9. The number of hydrogen-bond acceptors (Lipinski definition) is 4. The number of allylic oxidation sites excluding steroid dienone is 2. The zero-order valence-corrected chi connectivity index (χ0v) is 13.4. The summed E-state index contributed by atoms with van der Waals surface area (Å²) in [5.74, 6) is -2.03. The van der Waals surface area contributed by atoms with Crippen molar-refractivity contribution in [2.45, 2.75) is 12.4 Å². The van der Waals surface area contributed by atoms with E-state index < -0.39 is 46.6 Å². The molecule has 1 rings (SSSR count). The second kappa shape index (κ2) is 8.07. The zero-order valence-electron chi connectivity index (χ0n) is 13.4.